The highest BCUT2D eigenvalue weighted by Crippen LogP contribution is 2.34. The van der Waals surface area contributed by atoms with Crippen molar-refractivity contribution in [2.24, 2.45) is 0 Å². The molecule has 0 saturated carbocycles. The molecule has 1 aliphatic rings. The van der Waals surface area contributed by atoms with Crippen molar-refractivity contribution in [3.8, 4) is 0 Å². The molecule has 0 radical (unpaired) electrons. The summed E-state index contributed by atoms with van der Waals surface area (Å²) < 4.78 is 7.26. The van der Waals surface area contributed by atoms with Crippen LogP contribution in [0.1, 0.15) is 22.5 Å². The highest BCUT2D eigenvalue weighted by atomic mass is 32.2. The summed E-state index contributed by atoms with van der Waals surface area (Å²) in [7, 11) is 0. The summed E-state index contributed by atoms with van der Waals surface area (Å²) >= 11 is 3.48. The third-order valence-electron chi connectivity index (χ3n) is 4.37. The summed E-state index contributed by atoms with van der Waals surface area (Å²) in [6, 6.07) is 12.1. The van der Waals surface area contributed by atoms with Crippen LogP contribution in [0, 0.1) is 0 Å². The van der Waals surface area contributed by atoms with Gasteiger partial charge in [0.2, 0.25) is 0 Å². The molecule has 1 saturated heterocycles. The molecule has 1 amide bonds. The topological polar surface area (TPSA) is 45.5 Å². The quantitative estimate of drug-likeness (QED) is 0.697. The molecule has 3 aromatic rings. The second-order valence-electron chi connectivity index (χ2n) is 6.02. The van der Waals surface area contributed by atoms with E-state index >= 15 is 0 Å². The van der Waals surface area contributed by atoms with Crippen molar-refractivity contribution in [2.45, 2.75) is 16.4 Å². The molecule has 1 aliphatic heterocycles. The summed E-state index contributed by atoms with van der Waals surface area (Å²) in [6.45, 7) is 3.31. The lowest BCUT2D eigenvalue weighted by molar-refractivity contribution is 0.0735. The monoisotopic (exact) mass is 372 g/mol. The third kappa shape index (κ3) is 3.61. The van der Waals surface area contributed by atoms with Gasteiger partial charge in [0.15, 0.2) is 5.76 Å². The van der Waals surface area contributed by atoms with Gasteiger partial charge in [-0.1, -0.05) is 24.3 Å². The Morgan fingerprint density at radius 1 is 1.20 bits per heavy atom. The van der Waals surface area contributed by atoms with Crippen LogP contribution in [0.3, 0.4) is 0 Å². The van der Waals surface area contributed by atoms with Crippen LogP contribution < -0.4 is 5.32 Å². The molecular weight excluding hydrogens is 352 g/mol. The van der Waals surface area contributed by atoms with Crippen LogP contribution in [-0.4, -0.2) is 37.0 Å². The molecule has 4 rings (SSSR count). The third-order valence-corrected chi connectivity index (χ3v) is 6.53. The zero-order valence-electron chi connectivity index (χ0n) is 13.9. The number of nitrogens with one attached hydrogen (secondary N) is 1. The van der Waals surface area contributed by atoms with Crippen LogP contribution in [0.5, 0.6) is 0 Å². The highest BCUT2D eigenvalue weighted by molar-refractivity contribution is 8.00. The Hall–Kier alpha value is -1.76. The van der Waals surface area contributed by atoms with E-state index < -0.39 is 0 Å². The first-order chi connectivity index (χ1) is 12.3. The lowest BCUT2D eigenvalue weighted by atomic mass is 10.1. The number of thioether (sulfide) groups is 1. The van der Waals surface area contributed by atoms with Crippen molar-refractivity contribution in [1.82, 2.24) is 10.2 Å². The van der Waals surface area contributed by atoms with Gasteiger partial charge in [0.25, 0.3) is 5.91 Å². The fourth-order valence-electron chi connectivity index (χ4n) is 3.10. The summed E-state index contributed by atoms with van der Waals surface area (Å²) in [6.07, 6.45) is 0.977. The molecular formula is C19H20N2O2S2. The van der Waals surface area contributed by atoms with Gasteiger partial charge in [0.05, 0.1) is 4.21 Å². The molecule has 0 atom stereocenters. The number of nitrogens with zero attached hydrogens (tertiary/aromatic N) is 1. The number of carbonyl (C=O) groups is 1. The lowest BCUT2D eigenvalue weighted by Crippen LogP contribution is -2.34. The van der Waals surface area contributed by atoms with E-state index in [0.29, 0.717) is 5.76 Å². The normalized spacial score (nSPS) is 15.4. The molecule has 0 bridgehead atoms. The summed E-state index contributed by atoms with van der Waals surface area (Å²) in [5, 5.41) is 6.46. The molecule has 1 aromatic carbocycles. The van der Waals surface area contributed by atoms with Crippen molar-refractivity contribution in [3.63, 3.8) is 0 Å². The van der Waals surface area contributed by atoms with Crippen molar-refractivity contribution in [1.29, 1.82) is 0 Å². The van der Waals surface area contributed by atoms with Gasteiger partial charge in [-0.2, -0.15) is 0 Å². The molecule has 0 aliphatic carbocycles. The first-order valence-electron chi connectivity index (χ1n) is 8.49. The van der Waals surface area contributed by atoms with Crippen molar-refractivity contribution in [2.75, 3.05) is 26.2 Å². The van der Waals surface area contributed by atoms with Gasteiger partial charge in [-0.15, -0.1) is 23.1 Å². The number of furan rings is 1. The Kier molecular flexibility index (Phi) is 5.10. The zero-order chi connectivity index (χ0) is 17.1. The van der Waals surface area contributed by atoms with Crippen LogP contribution in [0.15, 0.2) is 50.4 Å². The minimum atomic E-state index is 0.0154. The number of thiophene rings is 1. The van der Waals surface area contributed by atoms with E-state index in [2.05, 4.69) is 22.8 Å². The SMILES string of the molecule is O=C(c1oc2ccccc2c1CSc1cccs1)N1CCCNCC1. The van der Waals surface area contributed by atoms with E-state index in [9.17, 15) is 4.79 Å². The van der Waals surface area contributed by atoms with Crippen molar-refractivity contribution >= 4 is 40.0 Å². The number of benzene rings is 1. The molecule has 4 nitrogen and oxygen atoms in total. The maximum Gasteiger partial charge on any atom is 0.289 e. The average molecular weight is 373 g/mol. The molecule has 6 heteroatoms. The van der Waals surface area contributed by atoms with E-state index in [-0.39, 0.29) is 5.91 Å². The predicted molar refractivity (Wildman–Crippen MR) is 103 cm³/mol. The fraction of sp³-hybridized carbons (Fsp3) is 0.316. The number of fused-ring (bicyclic) bond motifs is 1. The van der Waals surface area contributed by atoms with Crippen LogP contribution in [0.25, 0.3) is 11.0 Å². The Labute approximate surface area is 155 Å². The minimum Gasteiger partial charge on any atom is -0.451 e. The molecule has 130 valence electrons. The summed E-state index contributed by atoms with van der Waals surface area (Å²) in [4.78, 5) is 15.0. The van der Waals surface area contributed by atoms with Gasteiger partial charge in [-0.05, 0) is 30.5 Å². The van der Waals surface area contributed by atoms with Gasteiger partial charge in [-0.3, -0.25) is 4.79 Å². The Morgan fingerprint density at radius 3 is 3.00 bits per heavy atom. The standard InChI is InChI=1S/C19H20N2O2S2/c22-19(21-10-4-8-20-9-11-21)18-15(13-25-17-7-3-12-24-17)14-5-1-2-6-16(14)23-18/h1-3,5-7,12,20H,4,8-11,13H2. The van der Waals surface area contributed by atoms with Gasteiger partial charge >= 0.3 is 0 Å². The summed E-state index contributed by atoms with van der Waals surface area (Å²) in [5.74, 6) is 1.26. The maximum atomic E-state index is 13.1. The number of amides is 1. The maximum absolute atomic E-state index is 13.1. The number of para-hydroxylation sites is 1. The van der Waals surface area contributed by atoms with Crippen LogP contribution >= 0.6 is 23.1 Å². The fourth-order valence-corrected chi connectivity index (χ4v) is 4.91. The Bertz CT molecular complexity index is 850. The molecule has 1 fully saturated rings. The van der Waals surface area contributed by atoms with E-state index in [4.69, 9.17) is 4.42 Å². The van der Waals surface area contributed by atoms with Gasteiger partial charge in [0.1, 0.15) is 5.58 Å². The predicted octanol–water partition coefficient (Wildman–Crippen LogP) is 4.22. The van der Waals surface area contributed by atoms with E-state index in [1.165, 1.54) is 4.21 Å². The smallest absolute Gasteiger partial charge is 0.289 e. The Balaban J connectivity index is 1.66. The lowest BCUT2D eigenvalue weighted by Gasteiger charge is -2.19. The minimum absolute atomic E-state index is 0.0154. The van der Waals surface area contributed by atoms with Gasteiger partial charge in [0, 0.05) is 36.3 Å². The zero-order valence-corrected chi connectivity index (χ0v) is 15.5. The molecule has 0 unspecified atom stereocenters. The first kappa shape index (κ1) is 16.7. The van der Waals surface area contributed by atoms with Crippen molar-refractivity contribution in [3.05, 3.63) is 53.1 Å². The van der Waals surface area contributed by atoms with Crippen LogP contribution in [0.4, 0.5) is 0 Å². The number of rotatable bonds is 4. The number of hydrogen-bond donors (Lipinski definition) is 1. The molecule has 2 aromatic heterocycles. The van der Waals surface area contributed by atoms with Crippen molar-refractivity contribution < 1.29 is 9.21 Å². The second-order valence-corrected chi connectivity index (χ2v) is 8.25. The number of hydrogen-bond acceptors (Lipinski definition) is 5. The van der Waals surface area contributed by atoms with E-state index in [1.807, 2.05) is 29.2 Å². The Morgan fingerprint density at radius 2 is 2.12 bits per heavy atom. The summed E-state index contributed by atoms with van der Waals surface area (Å²) in [5.41, 5.74) is 1.80. The number of carbonyl (C=O) groups excluding carboxylic acids is 1. The highest BCUT2D eigenvalue weighted by Gasteiger charge is 2.25. The van der Waals surface area contributed by atoms with Crippen LogP contribution in [-0.2, 0) is 5.75 Å². The average Bonchev–Trinajstić information content (AvgIpc) is 3.19. The second kappa shape index (κ2) is 7.64. The van der Waals surface area contributed by atoms with E-state index in [0.717, 1.165) is 54.9 Å². The largest absolute Gasteiger partial charge is 0.451 e. The molecule has 3 heterocycles. The van der Waals surface area contributed by atoms with Crippen LogP contribution in [0.2, 0.25) is 0 Å². The molecule has 0 spiro atoms. The molecule has 25 heavy (non-hydrogen) atoms. The van der Waals surface area contributed by atoms with E-state index in [1.54, 1.807) is 23.1 Å². The molecule has 1 N–H and O–H groups in total. The van der Waals surface area contributed by atoms with Gasteiger partial charge < -0.3 is 14.6 Å². The first-order valence-corrected chi connectivity index (χ1v) is 10.4. The van der Waals surface area contributed by atoms with Gasteiger partial charge in [-0.25, -0.2) is 0 Å².